The molecular weight excluding hydrogens is 204 g/mol. The molecule has 2 saturated heterocycles. The van der Waals surface area contributed by atoms with Crippen LogP contribution < -0.4 is 10.6 Å². The molecule has 2 heterocycles. The van der Waals surface area contributed by atoms with E-state index in [0.717, 1.165) is 12.8 Å². The number of amides is 1. The van der Waals surface area contributed by atoms with Crippen molar-refractivity contribution in [1.82, 2.24) is 10.6 Å². The number of nitrogens with one attached hydrogen (secondary N) is 2. The Balaban J connectivity index is 1.94. The Morgan fingerprint density at radius 3 is 2.62 bits per heavy atom. The van der Waals surface area contributed by atoms with Gasteiger partial charge in [-0.1, -0.05) is 0 Å². The minimum atomic E-state index is -0.543. The zero-order chi connectivity index (χ0) is 11.9. The third kappa shape index (κ3) is 2.09. The summed E-state index contributed by atoms with van der Waals surface area (Å²) in [4.78, 5) is 12.1. The average molecular weight is 226 g/mol. The smallest absolute Gasteiger partial charge is 0.225 e. The van der Waals surface area contributed by atoms with Crippen LogP contribution in [0.2, 0.25) is 0 Å². The van der Waals surface area contributed by atoms with E-state index in [2.05, 4.69) is 10.6 Å². The van der Waals surface area contributed by atoms with Crippen LogP contribution in [0.1, 0.15) is 40.0 Å². The van der Waals surface area contributed by atoms with Crippen molar-refractivity contribution in [1.29, 1.82) is 0 Å². The van der Waals surface area contributed by atoms with Gasteiger partial charge in [0.15, 0.2) is 0 Å². The topological polar surface area (TPSA) is 61.4 Å². The predicted molar refractivity (Wildman–Crippen MR) is 62.0 cm³/mol. The van der Waals surface area contributed by atoms with Crippen LogP contribution in [0.5, 0.6) is 0 Å². The van der Waals surface area contributed by atoms with E-state index in [9.17, 15) is 9.90 Å². The first-order chi connectivity index (χ1) is 7.40. The molecule has 4 nitrogen and oxygen atoms in total. The number of aliphatic hydroxyl groups excluding tert-OH is 1. The van der Waals surface area contributed by atoms with Gasteiger partial charge in [-0.25, -0.2) is 0 Å². The quantitative estimate of drug-likeness (QED) is 0.653. The fourth-order valence-electron chi connectivity index (χ4n) is 2.63. The molecule has 2 rings (SSSR count). The van der Waals surface area contributed by atoms with Gasteiger partial charge in [-0.3, -0.25) is 4.79 Å². The van der Waals surface area contributed by atoms with E-state index in [0.29, 0.717) is 12.1 Å². The molecule has 2 aliphatic heterocycles. The third-order valence-corrected chi connectivity index (χ3v) is 4.13. The van der Waals surface area contributed by atoms with Gasteiger partial charge in [-0.05, 0) is 40.0 Å². The van der Waals surface area contributed by atoms with Gasteiger partial charge in [0.25, 0.3) is 0 Å². The second-order valence-electron chi connectivity index (χ2n) is 5.78. The van der Waals surface area contributed by atoms with Crippen LogP contribution in [-0.4, -0.2) is 34.7 Å². The van der Waals surface area contributed by atoms with Gasteiger partial charge in [0.2, 0.25) is 5.91 Å². The SMILES string of the molecule is CC(O)C(C)(C)NC(=O)C1CC2CCC1N2. The first kappa shape index (κ1) is 11.9. The molecule has 2 fully saturated rings. The number of aliphatic hydroxyl groups is 1. The minimum absolute atomic E-state index is 0.0885. The van der Waals surface area contributed by atoms with E-state index < -0.39 is 11.6 Å². The molecular formula is C12H22N2O2. The summed E-state index contributed by atoms with van der Waals surface area (Å²) >= 11 is 0. The first-order valence-corrected chi connectivity index (χ1v) is 6.16. The van der Waals surface area contributed by atoms with Crippen molar-refractivity contribution in [3.8, 4) is 0 Å². The zero-order valence-corrected chi connectivity index (χ0v) is 10.3. The Labute approximate surface area is 96.8 Å². The molecule has 0 aliphatic carbocycles. The molecule has 0 aromatic carbocycles. The van der Waals surface area contributed by atoms with E-state index in [-0.39, 0.29) is 11.8 Å². The molecule has 4 unspecified atom stereocenters. The van der Waals surface area contributed by atoms with E-state index in [4.69, 9.17) is 0 Å². The number of fused-ring (bicyclic) bond motifs is 2. The lowest BCUT2D eigenvalue weighted by molar-refractivity contribution is -0.128. The highest BCUT2D eigenvalue weighted by molar-refractivity contribution is 5.80. The van der Waals surface area contributed by atoms with Crippen molar-refractivity contribution in [3.05, 3.63) is 0 Å². The highest BCUT2D eigenvalue weighted by Gasteiger charge is 2.44. The molecule has 3 N–H and O–H groups in total. The van der Waals surface area contributed by atoms with Gasteiger partial charge in [0.05, 0.1) is 17.6 Å². The summed E-state index contributed by atoms with van der Waals surface area (Å²) in [5, 5.41) is 16.0. The van der Waals surface area contributed by atoms with Gasteiger partial charge < -0.3 is 15.7 Å². The third-order valence-electron chi connectivity index (χ3n) is 4.13. The van der Waals surface area contributed by atoms with Crippen molar-refractivity contribution < 1.29 is 9.90 Å². The zero-order valence-electron chi connectivity index (χ0n) is 10.3. The van der Waals surface area contributed by atoms with Gasteiger partial charge in [0, 0.05) is 12.1 Å². The molecule has 0 spiro atoms. The molecule has 0 radical (unpaired) electrons. The van der Waals surface area contributed by atoms with E-state index >= 15 is 0 Å². The average Bonchev–Trinajstić information content (AvgIpc) is 2.77. The van der Waals surface area contributed by atoms with Crippen LogP contribution in [0.4, 0.5) is 0 Å². The molecule has 16 heavy (non-hydrogen) atoms. The molecule has 0 aromatic rings. The Morgan fingerprint density at radius 2 is 2.19 bits per heavy atom. The highest BCUT2D eigenvalue weighted by atomic mass is 16.3. The fraction of sp³-hybridized carbons (Fsp3) is 0.917. The van der Waals surface area contributed by atoms with Crippen LogP contribution in [0.3, 0.4) is 0 Å². The summed E-state index contributed by atoms with van der Waals surface area (Å²) in [5.74, 6) is 0.183. The number of carbonyl (C=O) groups excluding carboxylic acids is 1. The van der Waals surface area contributed by atoms with Gasteiger partial charge >= 0.3 is 0 Å². The molecule has 1 amide bonds. The van der Waals surface area contributed by atoms with Crippen LogP contribution in [0, 0.1) is 5.92 Å². The lowest BCUT2D eigenvalue weighted by Crippen LogP contribution is -2.54. The first-order valence-electron chi connectivity index (χ1n) is 6.16. The summed E-state index contributed by atoms with van der Waals surface area (Å²) in [7, 11) is 0. The largest absolute Gasteiger partial charge is 0.391 e. The molecule has 2 aliphatic rings. The molecule has 2 bridgehead atoms. The fourth-order valence-corrected chi connectivity index (χ4v) is 2.63. The van der Waals surface area contributed by atoms with Crippen LogP contribution in [0.25, 0.3) is 0 Å². The summed E-state index contributed by atoms with van der Waals surface area (Å²) in [6.07, 6.45) is 2.72. The number of carbonyl (C=O) groups is 1. The molecule has 92 valence electrons. The molecule has 4 heteroatoms. The lowest BCUT2D eigenvalue weighted by Gasteiger charge is -2.32. The van der Waals surface area contributed by atoms with E-state index in [1.165, 1.54) is 6.42 Å². The van der Waals surface area contributed by atoms with Crippen molar-refractivity contribution in [3.63, 3.8) is 0 Å². The predicted octanol–water partition coefficient (Wildman–Crippen LogP) is 0.402. The molecule has 0 aromatic heterocycles. The number of hydrogen-bond acceptors (Lipinski definition) is 3. The van der Waals surface area contributed by atoms with Crippen molar-refractivity contribution >= 4 is 5.91 Å². The van der Waals surface area contributed by atoms with Crippen molar-refractivity contribution in [2.24, 2.45) is 5.92 Å². The maximum absolute atomic E-state index is 12.1. The van der Waals surface area contributed by atoms with E-state index in [1.54, 1.807) is 6.92 Å². The maximum atomic E-state index is 12.1. The van der Waals surface area contributed by atoms with Gasteiger partial charge in [0.1, 0.15) is 0 Å². The monoisotopic (exact) mass is 226 g/mol. The Morgan fingerprint density at radius 1 is 1.50 bits per heavy atom. The highest BCUT2D eigenvalue weighted by Crippen LogP contribution is 2.33. The van der Waals surface area contributed by atoms with Crippen LogP contribution in [-0.2, 0) is 4.79 Å². The summed E-state index contributed by atoms with van der Waals surface area (Å²) in [5.41, 5.74) is -0.543. The second kappa shape index (κ2) is 4.00. The van der Waals surface area contributed by atoms with Crippen LogP contribution in [0.15, 0.2) is 0 Å². The number of hydrogen-bond donors (Lipinski definition) is 3. The Kier molecular flexibility index (Phi) is 2.97. The molecule has 4 atom stereocenters. The minimum Gasteiger partial charge on any atom is -0.391 e. The maximum Gasteiger partial charge on any atom is 0.225 e. The summed E-state index contributed by atoms with van der Waals surface area (Å²) < 4.78 is 0. The van der Waals surface area contributed by atoms with E-state index in [1.807, 2.05) is 13.8 Å². The lowest BCUT2D eigenvalue weighted by atomic mass is 9.87. The summed E-state index contributed by atoms with van der Waals surface area (Å²) in [6, 6.07) is 0.894. The number of rotatable bonds is 3. The normalized spacial score (nSPS) is 35.1. The van der Waals surface area contributed by atoms with Crippen LogP contribution >= 0.6 is 0 Å². The Bertz CT molecular complexity index is 289. The summed E-state index contributed by atoms with van der Waals surface area (Å²) in [6.45, 7) is 5.42. The van der Waals surface area contributed by atoms with Crippen molar-refractivity contribution in [2.75, 3.05) is 0 Å². The molecule has 0 saturated carbocycles. The van der Waals surface area contributed by atoms with Gasteiger partial charge in [-0.2, -0.15) is 0 Å². The standard InChI is InChI=1S/C12H22N2O2/c1-7(15)12(2,3)14-11(16)9-6-8-4-5-10(9)13-8/h7-10,13,15H,4-6H2,1-3H3,(H,14,16). The second-order valence-corrected chi connectivity index (χ2v) is 5.78. The van der Waals surface area contributed by atoms with Crippen molar-refractivity contribution in [2.45, 2.75) is 63.8 Å². The Hall–Kier alpha value is -0.610. The van der Waals surface area contributed by atoms with Gasteiger partial charge in [-0.15, -0.1) is 0 Å².